The first-order valence-corrected chi connectivity index (χ1v) is 5.46. The molecular formula is C7H12N2OS2. The zero-order chi connectivity index (χ0) is 8.81. The summed E-state index contributed by atoms with van der Waals surface area (Å²) in [5.74, 6) is 0.862. The van der Waals surface area contributed by atoms with Gasteiger partial charge in [0.2, 0.25) is 0 Å². The molecule has 12 heavy (non-hydrogen) atoms. The Labute approximate surface area is 80.3 Å². The predicted octanol–water partition coefficient (Wildman–Crippen LogP) is 1.21. The maximum absolute atomic E-state index is 5.73. The summed E-state index contributed by atoms with van der Waals surface area (Å²) in [5, 5.41) is 1.96. The number of nitrogens with zero attached hydrogens (tertiary/aromatic N) is 1. The molecule has 1 unspecified atom stereocenters. The minimum Gasteiger partial charge on any atom is -0.383 e. The van der Waals surface area contributed by atoms with Gasteiger partial charge in [-0.05, 0) is 0 Å². The number of hydrogen-bond acceptors (Lipinski definition) is 5. The Hall–Kier alpha value is -0.100. The Morgan fingerprint density at radius 2 is 2.67 bits per heavy atom. The van der Waals surface area contributed by atoms with Crippen LogP contribution in [-0.2, 0) is 4.74 Å². The number of hydrogen-bond donors (Lipinski definition) is 1. The van der Waals surface area contributed by atoms with Gasteiger partial charge in [-0.15, -0.1) is 11.3 Å². The molecule has 0 spiro atoms. The van der Waals surface area contributed by atoms with E-state index >= 15 is 0 Å². The average Bonchev–Trinajstić information content (AvgIpc) is 2.53. The molecule has 68 valence electrons. The highest BCUT2D eigenvalue weighted by atomic mass is 32.2. The number of thiazole rings is 1. The Morgan fingerprint density at radius 1 is 1.83 bits per heavy atom. The lowest BCUT2D eigenvalue weighted by Gasteiger charge is -2.07. The lowest BCUT2D eigenvalue weighted by molar-refractivity contribution is 0.186. The summed E-state index contributed by atoms with van der Waals surface area (Å²) < 4.78 is 5.99. The van der Waals surface area contributed by atoms with E-state index in [1.807, 2.05) is 5.38 Å². The third-order valence-electron chi connectivity index (χ3n) is 1.21. The van der Waals surface area contributed by atoms with Gasteiger partial charge in [0.15, 0.2) is 0 Å². The van der Waals surface area contributed by atoms with Gasteiger partial charge in [-0.25, -0.2) is 4.98 Å². The van der Waals surface area contributed by atoms with Crippen LogP contribution in [-0.4, -0.2) is 30.5 Å². The molecule has 1 aromatic rings. The second-order valence-electron chi connectivity index (χ2n) is 2.32. The van der Waals surface area contributed by atoms with Crippen molar-refractivity contribution in [1.82, 2.24) is 4.98 Å². The quantitative estimate of drug-likeness (QED) is 0.732. The maximum atomic E-state index is 5.73. The van der Waals surface area contributed by atoms with Crippen LogP contribution in [0.15, 0.2) is 15.9 Å². The molecular weight excluding hydrogens is 192 g/mol. The predicted molar refractivity (Wildman–Crippen MR) is 52.7 cm³/mol. The van der Waals surface area contributed by atoms with Crippen molar-refractivity contribution in [2.75, 3.05) is 19.5 Å². The third kappa shape index (κ3) is 3.53. The van der Waals surface area contributed by atoms with Gasteiger partial charge in [0.05, 0.1) is 6.61 Å². The molecule has 0 saturated carbocycles. The van der Waals surface area contributed by atoms with Crippen molar-refractivity contribution >= 4 is 23.1 Å². The lowest BCUT2D eigenvalue weighted by atomic mass is 10.4. The van der Waals surface area contributed by atoms with Gasteiger partial charge in [-0.1, -0.05) is 11.8 Å². The summed E-state index contributed by atoms with van der Waals surface area (Å²) in [5.41, 5.74) is 5.73. The maximum Gasteiger partial charge on any atom is 0.149 e. The van der Waals surface area contributed by atoms with Gasteiger partial charge in [-0.3, -0.25) is 0 Å². The van der Waals surface area contributed by atoms with E-state index in [1.165, 1.54) is 0 Å². The first kappa shape index (κ1) is 9.98. The second kappa shape index (κ2) is 5.53. The van der Waals surface area contributed by atoms with Gasteiger partial charge in [-0.2, -0.15) is 0 Å². The third-order valence-corrected chi connectivity index (χ3v) is 3.37. The van der Waals surface area contributed by atoms with Gasteiger partial charge in [0.25, 0.3) is 0 Å². The number of methoxy groups -OCH3 is 1. The van der Waals surface area contributed by atoms with Crippen LogP contribution in [0.1, 0.15) is 0 Å². The molecule has 0 saturated heterocycles. The Morgan fingerprint density at radius 3 is 3.25 bits per heavy atom. The zero-order valence-corrected chi connectivity index (χ0v) is 8.53. The van der Waals surface area contributed by atoms with Crippen LogP contribution in [0, 0.1) is 0 Å². The largest absolute Gasteiger partial charge is 0.383 e. The van der Waals surface area contributed by atoms with Crippen LogP contribution in [0.4, 0.5) is 0 Å². The molecule has 3 nitrogen and oxygen atoms in total. The van der Waals surface area contributed by atoms with E-state index in [2.05, 4.69) is 4.98 Å². The molecule has 0 aliphatic heterocycles. The summed E-state index contributed by atoms with van der Waals surface area (Å²) in [7, 11) is 1.66. The Balaban J connectivity index is 2.17. The number of aromatic nitrogens is 1. The van der Waals surface area contributed by atoms with Crippen LogP contribution in [0.2, 0.25) is 0 Å². The van der Waals surface area contributed by atoms with Crippen molar-refractivity contribution in [3.63, 3.8) is 0 Å². The number of nitrogens with two attached hydrogens (primary N) is 1. The topological polar surface area (TPSA) is 48.1 Å². The van der Waals surface area contributed by atoms with Crippen molar-refractivity contribution < 1.29 is 4.74 Å². The fourth-order valence-electron chi connectivity index (χ4n) is 0.722. The summed E-state index contributed by atoms with van der Waals surface area (Å²) >= 11 is 3.32. The van der Waals surface area contributed by atoms with Crippen LogP contribution in [0.3, 0.4) is 0 Å². The molecule has 0 aromatic carbocycles. The molecule has 0 fully saturated rings. The first-order valence-electron chi connectivity index (χ1n) is 3.59. The van der Waals surface area contributed by atoms with E-state index in [0.717, 1.165) is 10.1 Å². The van der Waals surface area contributed by atoms with Crippen molar-refractivity contribution in [1.29, 1.82) is 0 Å². The summed E-state index contributed by atoms with van der Waals surface area (Å²) in [4.78, 5) is 4.13. The van der Waals surface area contributed by atoms with E-state index < -0.39 is 0 Å². The Bertz CT molecular complexity index is 203. The lowest BCUT2D eigenvalue weighted by Crippen LogP contribution is -2.27. The highest BCUT2D eigenvalue weighted by Crippen LogP contribution is 2.20. The molecule has 1 aromatic heterocycles. The van der Waals surface area contributed by atoms with Gasteiger partial charge in [0, 0.05) is 30.5 Å². The van der Waals surface area contributed by atoms with Crippen molar-refractivity contribution in [2.24, 2.45) is 5.73 Å². The van der Waals surface area contributed by atoms with Crippen molar-refractivity contribution in [2.45, 2.75) is 10.4 Å². The highest BCUT2D eigenvalue weighted by molar-refractivity contribution is 8.01. The monoisotopic (exact) mass is 204 g/mol. The van der Waals surface area contributed by atoms with Crippen LogP contribution in [0.25, 0.3) is 0 Å². The van der Waals surface area contributed by atoms with Crippen molar-refractivity contribution in [3.8, 4) is 0 Å². The minimum atomic E-state index is 0.101. The molecule has 5 heteroatoms. The molecule has 0 radical (unpaired) electrons. The van der Waals surface area contributed by atoms with Gasteiger partial charge in [0.1, 0.15) is 4.34 Å². The summed E-state index contributed by atoms with van der Waals surface area (Å²) in [6.45, 7) is 0.609. The highest BCUT2D eigenvalue weighted by Gasteiger charge is 2.03. The normalized spacial score (nSPS) is 13.2. The van der Waals surface area contributed by atoms with Crippen LogP contribution < -0.4 is 5.73 Å². The molecule has 1 heterocycles. The fourth-order valence-corrected chi connectivity index (χ4v) is 2.31. The molecule has 0 aliphatic carbocycles. The van der Waals surface area contributed by atoms with E-state index in [-0.39, 0.29) is 6.04 Å². The van der Waals surface area contributed by atoms with Crippen LogP contribution >= 0.6 is 23.1 Å². The van der Waals surface area contributed by atoms with Crippen molar-refractivity contribution in [3.05, 3.63) is 11.6 Å². The Kier molecular flexibility index (Phi) is 4.60. The molecule has 1 rings (SSSR count). The molecule has 1 atom stereocenters. The number of ether oxygens (including phenoxy) is 1. The molecule has 0 aliphatic rings. The molecule has 0 amide bonds. The van der Waals surface area contributed by atoms with Gasteiger partial charge >= 0.3 is 0 Å². The standard InChI is InChI=1S/C7H12N2OS2/c1-10-4-6(8)5-12-7-9-2-3-11-7/h2-3,6H,4-5,8H2,1H3. The molecule has 2 N–H and O–H groups in total. The first-order chi connectivity index (χ1) is 5.83. The fraction of sp³-hybridized carbons (Fsp3) is 0.571. The zero-order valence-electron chi connectivity index (χ0n) is 6.90. The average molecular weight is 204 g/mol. The molecule has 0 bridgehead atoms. The smallest absolute Gasteiger partial charge is 0.149 e. The number of thioether (sulfide) groups is 1. The summed E-state index contributed by atoms with van der Waals surface area (Å²) in [6, 6.07) is 0.101. The van der Waals surface area contributed by atoms with Crippen LogP contribution in [0.5, 0.6) is 0 Å². The number of rotatable bonds is 5. The van der Waals surface area contributed by atoms with E-state index in [4.69, 9.17) is 10.5 Å². The van der Waals surface area contributed by atoms with E-state index in [9.17, 15) is 0 Å². The van der Waals surface area contributed by atoms with E-state index in [1.54, 1.807) is 36.4 Å². The van der Waals surface area contributed by atoms with Gasteiger partial charge < -0.3 is 10.5 Å². The SMILES string of the molecule is COCC(N)CSc1nccs1. The summed E-state index contributed by atoms with van der Waals surface area (Å²) in [6.07, 6.45) is 1.80. The second-order valence-corrected chi connectivity index (χ2v) is 4.49. The minimum absolute atomic E-state index is 0.101. The van der Waals surface area contributed by atoms with E-state index in [0.29, 0.717) is 6.61 Å².